The Morgan fingerprint density at radius 1 is 1.52 bits per heavy atom. The molecule has 2 aromatic heterocycles. The Morgan fingerprint density at radius 2 is 2.38 bits per heavy atom. The van der Waals surface area contributed by atoms with Crippen LogP contribution in [-0.4, -0.2) is 32.5 Å². The van der Waals surface area contributed by atoms with Crippen LogP contribution in [-0.2, 0) is 17.6 Å². The van der Waals surface area contributed by atoms with Crippen LogP contribution < -0.4 is 0 Å². The molecule has 1 fully saturated rings. The summed E-state index contributed by atoms with van der Waals surface area (Å²) < 4.78 is 5.17. The van der Waals surface area contributed by atoms with Crippen LogP contribution in [0.15, 0.2) is 9.90 Å². The fourth-order valence-electron chi connectivity index (χ4n) is 2.63. The SMILES string of the molecule is CCc1nc(C2CCCN2C(=O)Cc2csc(C)n2)no1. The average molecular weight is 306 g/mol. The van der Waals surface area contributed by atoms with Crippen molar-refractivity contribution in [3.63, 3.8) is 0 Å². The third-order valence-electron chi connectivity index (χ3n) is 3.66. The van der Waals surface area contributed by atoms with Crippen molar-refractivity contribution in [1.29, 1.82) is 0 Å². The molecule has 0 spiro atoms. The standard InChI is InChI=1S/C14H18N4O2S/c1-3-12-16-14(17-20-12)11-5-4-6-18(11)13(19)7-10-8-21-9(2)15-10/h8,11H,3-7H2,1-2H3. The predicted molar refractivity (Wildman–Crippen MR) is 77.9 cm³/mol. The summed E-state index contributed by atoms with van der Waals surface area (Å²) in [5.74, 6) is 1.34. The zero-order valence-corrected chi connectivity index (χ0v) is 13.0. The molecule has 1 aliphatic rings. The summed E-state index contributed by atoms with van der Waals surface area (Å²) in [5, 5.41) is 6.95. The molecule has 0 saturated carbocycles. The van der Waals surface area contributed by atoms with Crippen LogP contribution in [0.2, 0.25) is 0 Å². The molecule has 0 radical (unpaired) electrons. The molecule has 112 valence electrons. The molecule has 1 atom stereocenters. The fraction of sp³-hybridized carbons (Fsp3) is 0.571. The molecule has 3 rings (SSSR count). The third kappa shape index (κ3) is 2.97. The highest BCUT2D eigenvalue weighted by atomic mass is 32.1. The molecule has 0 bridgehead atoms. The summed E-state index contributed by atoms with van der Waals surface area (Å²) in [6.45, 7) is 4.67. The Labute approximate surface area is 127 Å². The number of rotatable bonds is 4. The van der Waals surface area contributed by atoms with Gasteiger partial charge in [0.25, 0.3) is 0 Å². The molecule has 7 heteroatoms. The molecular weight excluding hydrogens is 288 g/mol. The van der Waals surface area contributed by atoms with E-state index in [1.165, 1.54) is 0 Å². The largest absolute Gasteiger partial charge is 0.339 e. The van der Waals surface area contributed by atoms with Crippen LogP contribution in [0.3, 0.4) is 0 Å². The lowest BCUT2D eigenvalue weighted by Crippen LogP contribution is -2.32. The van der Waals surface area contributed by atoms with Gasteiger partial charge in [0, 0.05) is 18.3 Å². The zero-order chi connectivity index (χ0) is 14.8. The summed E-state index contributed by atoms with van der Waals surface area (Å²) in [4.78, 5) is 23.1. The van der Waals surface area contributed by atoms with E-state index in [0.717, 1.165) is 30.1 Å². The first-order chi connectivity index (χ1) is 10.2. The highest BCUT2D eigenvalue weighted by Crippen LogP contribution is 2.30. The minimum absolute atomic E-state index is 0.0544. The lowest BCUT2D eigenvalue weighted by atomic mass is 10.2. The predicted octanol–water partition coefficient (Wildman–Crippen LogP) is 2.30. The lowest BCUT2D eigenvalue weighted by Gasteiger charge is -2.21. The lowest BCUT2D eigenvalue weighted by molar-refractivity contribution is -0.131. The van der Waals surface area contributed by atoms with E-state index in [1.54, 1.807) is 11.3 Å². The Morgan fingerprint density at radius 3 is 3.05 bits per heavy atom. The van der Waals surface area contributed by atoms with Gasteiger partial charge in [-0.3, -0.25) is 4.79 Å². The van der Waals surface area contributed by atoms with E-state index in [0.29, 0.717) is 24.6 Å². The molecule has 2 aromatic rings. The number of nitrogens with zero attached hydrogens (tertiary/aromatic N) is 4. The van der Waals surface area contributed by atoms with Crippen molar-refractivity contribution in [2.45, 2.75) is 45.6 Å². The molecule has 0 aliphatic carbocycles. The number of carbonyl (C=O) groups excluding carboxylic acids is 1. The first-order valence-electron chi connectivity index (χ1n) is 7.20. The van der Waals surface area contributed by atoms with E-state index in [-0.39, 0.29) is 11.9 Å². The maximum Gasteiger partial charge on any atom is 0.229 e. The van der Waals surface area contributed by atoms with Crippen LogP contribution >= 0.6 is 11.3 Å². The van der Waals surface area contributed by atoms with Gasteiger partial charge >= 0.3 is 0 Å². The molecule has 21 heavy (non-hydrogen) atoms. The monoisotopic (exact) mass is 306 g/mol. The second-order valence-electron chi connectivity index (χ2n) is 5.18. The van der Waals surface area contributed by atoms with Gasteiger partial charge in [0.05, 0.1) is 23.2 Å². The van der Waals surface area contributed by atoms with Crippen LogP contribution in [0.4, 0.5) is 0 Å². The number of aryl methyl sites for hydroxylation is 2. The smallest absolute Gasteiger partial charge is 0.229 e. The fourth-order valence-corrected chi connectivity index (χ4v) is 3.24. The number of thiazole rings is 1. The number of carbonyl (C=O) groups is 1. The van der Waals surface area contributed by atoms with Gasteiger partial charge in [-0.2, -0.15) is 4.98 Å². The van der Waals surface area contributed by atoms with Crippen molar-refractivity contribution in [2.75, 3.05) is 6.54 Å². The van der Waals surface area contributed by atoms with E-state index in [2.05, 4.69) is 15.1 Å². The molecule has 6 nitrogen and oxygen atoms in total. The van der Waals surface area contributed by atoms with Gasteiger partial charge in [0.15, 0.2) is 5.82 Å². The van der Waals surface area contributed by atoms with Crippen LogP contribution in [0.25, 0.3) is 0 Å². The van der Waals surface area contributed by atoms with Gasteiger partial charge in [0.1, 0.15) is 0 Å². The first-order valence-corrected chi connectivity index (χ1v) is 8.08. The van der Waals surface area contributed by atoms with Gasteiger partial charge in [-0.25, -0.2) is 4.98 Å². The van der Waals surface area contributed by atoms with Crippen molar-refractivity contribution >= 4 is 17.2 Å². The molecule has 1 saturated heterocycles. The maximum atomic E-state index is 12.5. The molecule has 1 unspecified atom stereocenters. The number of amides is 1. The van der Waals surface area contributed by atoms with E-state index in [9.17, 15) is 4.79 Å². The van der Waals surface area contributed by atoms with E-state index >= 15 is 0 Å². The summed E-state index contributed by atoms with van der Waals surface area (Å²) in [6.07, 6.45) is 2.93. The van der Waals surface area contributed by atoms with Crippen molar-refractivity contribution in [2.24, 2.45) is 0 Å². The second-order valence-corrected chi connectivity index (χ2v) is 6.24. The highest BCUT2D eigenvalue weighted by Gasteiger charge is 2.33. The quantitative estimate of drug-likeness (QED) is 0.866. The number of hydrogen-bond acceptors (Lipinski definition) is 6. The van der Waals surface area contributed by atoms with Gasteiger partial charge < -0.3 is 9.42 Å². The Hall–Kier alpha value is -1.76. The van der Waals surface area contributed by atoms with Gasteiger partial charge in [0.2, 0.25) is 11.8 Å². The molecule has 1 amide bonds. The van der Waals surface area contributed by atoms with Crippen molar-refractivity contribution < 1.29 is 9.32 Å². The van der Waals surface area contributed by atoms with Crippen molar-refractivity contribution in [3.05, 3.63) is 27.8 Å². The summed E-state index contributed by atoms with van der Waals surface area (Å²) >= 11 is 1.57. The Bertz CT molecular complexity index is 636. The zero-order valence-electron chi connectivity index (χ0n) is 12.2. The summed E-state index contributed by atoms with van der Waals surface area (Å²) in [5.41, 5.74) is 0.843. The molecule has 1 aliphatic heterocycles. The topological polar surface area (TPSA) is 72.1 Å². The third-order valence-corrected chi connectivity index (χ3v) is 4.48. The van der Waals surface area contributed by atoms with Crippen LogP contribution in [0, 0.1) is 6.92 Å². The van der Waals surface area contributed by atoms with E-state index < -0.39 is 0 Å². The molecule has 3 heterocycles. The molecule has 0 N–H and O–H groups in total. The minimum Gasteiger partial charge on any atom is -0.339 e. The van der Waals surface area contributed by atoms with Crippen LogP contribution in [0.1, 0.15) is 48.2 Å². The number of likely N-dealkylation sites (tertiary alicyclic amines) is 1. The van der Waals surface area contributed by atoms with Crippen molar-refractivity contribution in [3.8, 4) is 0 Å². The van der Waals surface area contributed by atoms with Crippen molar-refractivity contribution in [1.82, 2.24) is 20.0 Å². The summed E-state index contributed by atoms with van der Waals surface area (Å²) in [7, 11) is 0. The maximum absolute atomic E-state index is 12.5. The highest BCUT2D eigenvalue weighted by molar-refractivity contribution is 7.09. The number of aromatic nitrogens is 3. The van der Waals surface area contributed by atoms with Gasteiger partial charge in [-0.05, 0) is 19.8 Å². The summed E-state index contributed by atoms with van der Waals surface area (Å²) in [6, 6.07) is -0.0544. The van der Waals surface area contributed by atoms with Gasteiger partial charge in [-0.15, -0.1) is 11.3 Å². The second kappa shape index (κ2) is 5.93. The minimum atomic E-state index is -0.0544. The van der Waals surface area contributed by atoms with Gasteiger partial charge in [-0.1, -0.05) is 12.1 Å². The molecule has 0 aromatic carbocycles. The van der Waals surface area contributed by atoms with E-state index in [4.69, 9.17) is 4.52 Å². The average Bonchev–Trinajstić information content (AvgIpc) is 3.17. The van der Waals surface area contributed by atoms with Crippen LogP contribution in [0.5, 0.6) is 0 Å². The van der Waals surface area contributed by atoms with E-state index in [1.807, 2.05) is 24.1 Å². The Kier molecular flexibility index (Phi) is 4.01. The number of hydrogen-bond donors (Lipinski definition) is 0. The normalized spacial score (nSPS) is 18.4. The molecular formula is C14H18N4O2S. The first kappa shape index (κ1) is 14.2. The Balaban J connectivity index is 1.72.